The number of nitrogens with one attached hydrogen (secondary N) is 2. The molecule has 2 N–H and O–H groups in total. The van der Waals surface area contributed by atoms with Gasteiger partial charge in [-0.05, 0) is 42.6 Å². The van der Waals surface area contributed by atoms with Crippen LogP contribution in [-0.4, -0.2) is 52.8 Å². The summed E-state index contributed by atoms with van der Waals surface area (Å²) < 4.78 is 5.33. The first-order valence-corrected chi connectivity index (χ1v) is 9.19. The van der Waals surface area contributed by atoms with Crippen LogP contribution in [0.2, 0.25) is 0 Å². The highest BCUT2D eigenvalue weighted by molar-refractivity contribution is 5.92. The first-order valence-electron chi connectivity index (χ1n) is 9.19. The third-order valence-corrected chi connectivity index (χ3v) is 4.98. The van der Waals surface area contributed by atoms with Gasteiger partial charge in [0.1, 0.15) is 17.4 Å². The van der Waals surface area contributed by atoms with Crippen molar-refractivity contribution in [2.75, 3.05) is 32.1 Å². The first kappa shape index (κ1) is 17.6. The SMILES string of the molecule is COc1ccc2c(NC(C)N3CCNCC3c3ncccn3)nccc2c1. The number of piperazine rings is 1. The highest BCUT2D eigenvalue weighted by atomic mass is 16.5. The molecule has 0 saturated carbocycles. The van der Waals surface area contributed by atoms with Gasteiger partial charge < -0.3 is 15.4 Å². The molecule has 2 atom stereocenters. The molecule has 0 bridgehead atoms. The molecule has 0 radical (unpaired) electrons. The molecule has 7 heteroatoms. The minimum absolute atomic E-state index is 0.0844. The van der Waals surface area contributed by atoms with Gasteiger partial charge in [-0.1, -0.05) is 0 Å². The maximum absolute atomic E-state index is 5.33. The Kier molecular flexibility index (Phi) is 5.13. The van der Waals surface area contributed by atoms with Crippen LogP contribution in [0, 0.1) is 0 Å². The van der Waals surface area contributed by atoms with E-state index in [0.29, 0.717) is 0 Å². The molecule has 0 amide bonds. The molecular formula is C20H24N6O. The summed E-state index contributed by atoms with van der Waals surface area (Å²) in [5.74, 6) is 2.55. The summed E-state index contributed by atoms with van der Waals surface area (Å²) in [6.07, 6.45) is 5.51. The van der Waals surface area contributed by atoms with Gasteiger partial charge in [0, 0.05) is 43.6 Å². The Morgan fingerprint density at radius 2 is 2.04 bits per heavy atom. The number of pyridine rings is 1. The number of ether oxygens (including phenoxy) is 1. The topological polar surface area (TPSA) is 75.2 Å². The second-order valence-electron chi connectivity index (χ2n) is 6.63. The molecule has 1 aromatic carbocycles. The number of nitrogens with zero attached hydrogens (tertiary/aromatic N) is 4. The van der Waals surface area contributed by atoms with Gasteiger partial charge in [0.2, 0.25) is 0 Å². The summed E-state index contributed by atoms with van der Waals surface area (Å²) in [5.41, 5.74) is 0. The second-order valence-corrected chi connectivity index (χ2v) is 6.63. The molecule has 1 aliphatic heterocycles. The van der Waals surface area contributed by atoms with E-state index in [0.717, 1.165) is 47.8 Å². The van der Waals surface area contributed by atoms with Crippen LogP contribution in [0.25, 0.3) is 10.8 Å². The Balaban J connectivity index is 1.59. The van der Waals surface area contributed by atoms with E-state index in [-0.39, 0.29) is 12.2 Å². The lowest BCUT2D eigenvalue weighted by atomic mass is 10.1. The zero-order chi connectivity index (χ0) is 18.6. The van der Waals surface area contributed by atoms with Crippen molar-refractivity contribution in [1.29, 1.82) is 0 Å². The molecule has 0 aliphatic carbocycles. The average molecular weight is 364 g/mol. The smallest absolute Gasteiger partial charge is 0.146 e. The third-order valence-electron chi connectivity index (χ3n) is 4.98. The van der Waals surface area contributed by atoms with Crippen LogP contribution in [0.5, 0.6) is 5.75 Å². The predicted octanol–water partition coefficient (Wildman–Crippen LogP) is 2.44. The number of hydrogen-bond acceptors (Lipinski definition) is 7. The van der Waals surface area contributed by atoms with Crippen LogP contribution in [0.15, 0.2) is 48.9 Å². The van der Waals surface area contributed by atoms with Crippen molar-refractivity contribution in [2.45, 2.75) is 19.1 Å². The fourth-order valence-electron chi connectivity index (χ4n) is 3.58. The maximum Gasteiger partial charge on any atom is 0.146 e. The van der Waals surface area contributed by atoms with Crippen LogP contribution >= 0.6 is 0 Å². The van der Waals surface area contributed by atoms with Gasteiger partial charge in [-0.15, -0.1) is 0 Å². The summed E-state index contributed by atoms with van der Waals surface area (Å²) in [6.45, 7) is 4.84. The van der Waals surface area contributed by atoms with E-state index in [4.69, 9.17) is 4.74 Å². The van der Waals surface area contributed by atoms with Gasteiger partial charge in [0.25, 0.3) is 0 Å². The van der Waals surface area contributed by atoms with Gasteiger partial charge in [-0.25, -0.2) is 15.0 Å². The number of methoxy groups -OCH3 is 1. The minimum Gasteiger partial charge on any atom is -0.497 e. The van der Waals surface area contributed by atoms with Crippen LogP contribution < -0.4 is 15.4 Å². The largest absolute Gasteiger partial charge is 0.497 e. The van der Waals surface area contributed by atoms with Crippen molar-refractivity contribution in [3.05, 3.63) is 54.7 Å². The molecule has 27 heavy (non-hydrogen) atoms. The fraction of sp³-hybridized carbons (Fsp3) is 0.350. The first-order chi connectivity index (χ1) is 13.3. The van der Waals surface area contributed by atoms with Crippen LogP contribution in [-0.2, 0) is 0 Å². The molecule has 2 aromatic heterocycles. The normalized spacial score (nSPS) is 19.0. The lowest BCUT2D eigenvalue weighted by molar-refractivity contribution is 0.122. The standard InChI is InChI=1S/C20H24N6O/c1-14(26-11-10-21-13-18(26)20-22-7-3-8-23-20)25-19-17-5-4-16(27-2)12-15(17)6-9-24-19/h3-9,12,14,18,21H,10-11,13H2,1-2H3,(H,24,25). The van der Waals surface area contributed by atoms with Crippen molar-refractivity contribution in [3.63, 3.8) is 0 Å². The molecule has 140 valence electrons. The summed E-state index contributed by atoms with van der Waals surface area (Å²) in [4.78, 5) is 15.9. The molecule has 1 aliphatic rings. The summed E-state index contributed by atoms with van der Waals surface area (Å²) in [5, 5.41) is 9.20. The molecule has 3 aromatic rings. The average Bonchev–Trinajstić information content (AvgIpc) is 2.74. The molecular weight excluding hydrogens is 340 g/mol. The van der Waals surface area contributed by atoms with Crippen molar-refractivity contribution >= 4 is 16.6 Å². The quantitative estimate of drug-likeness (QED) is 0.720. The van der Waals surface area contributed by atoms with Gasteiger partial charge in [0.15, 0.2) is 0 Å². The summed E-state index contributed by atoms with van der Waals surface area (Å²) in [7, 11) is 1.68. The zero-order valence-electron chi connectivity index (χ0n) is 15.6. The number of hydrogen-bond donors (Lipinski definition) is 2. The van der Waals surface area contributed by atoms with Crippen molar-refractivity contribution in [3.8, 4) is 5.75 Å². The molecule has 2 unspecified atom stereocenters. The lowest BCUT2D eigenvalue weighted by Crippen LogP contribution is -2.52. The summed E-state index contributed by atoms with van der Waals surface area (Å²) in [6, 6.07) is 10.0. The number of benzene rings is 1. The molecule has 1 fully saturated rings. The Morgan fingerprint density at radius 1 is 1.19 bits per heavy atom. The number of anilines is 1. The number of aromatic nitrogens is 3. The van der Waals surface area contributed by atoms with Gasteiger partial charge >= 0.3 is 0 Å². The molecule has 0 spiro atoms. The van der Waals surface area contributed by atoms with E-state index >= 15 is 0 Å². The van der Waals surface area contributed by atoms with Crippen LogP contribution in [0.4, 0.5) is 5.82 Å². The second kappa shape index (κ2) is 7.85. The fourth-order valence-corrected chi connectivity index (χ4v) is 3.58. The van der Waals surface area contributed by atoms with E-state index in [9.17, 15) is 0 Å². The van der Waals surface area contributed by atoms with Crippen LogP contribution in [0.1, 0.15) is 18.8 Å². The minimum atomic E-state index is 0.0844. The highest BCUT2D eigenvalue weighted by Crippen LogP contribution is 2.27. The predicted molar refractivity (Wildman–Crippen MR) is 106 cm³/mol. The maximum atomic E-state index is 5.33. The molecule has 7 nitrogen and oxygen atoms in total. The van der Waals surface area contributed by atoms with E-state index in [1.54, 1.807) is 19.5 Å². The Labute approximate surface area is 158 Å². The lowest BCUT2D eigenvalue weighted by Gasteiger charge is -2.39. The van der Waals surface area contributed by atoms with Gasteiger partial charge in [-0.2, -0.15) is 0 Å². The number of rotatable bonds is 5. The van der Waals surface area contributed by atoms with Crippen molar-refractivity contribution in [2.24, 2.45) is 0 Å². The van der Waals surface area contributed by atoms with Crippen molar-refractivity contribution < 1.29 is 4.74 Å². The monoisotopic (exact) mass is 364 g/mol. The van der Waals surface area contributed by atoms with Gasteiger partial charge in [-0.3, -0.25) is 4.90 Å². The van der Waals surface area contributed by atoms with E-state index in [2.05, 4.69) is 37.4 Å². The van der Waals surface area contributed by atoms with E-state index in [1.165, 1.54) is 0 Å². The zero-order valence-corrected chi connectivity index (χ0v) is 15.6. The molecule has 4 rings (SSSR count). The van der Waals surface area contributed by atoms with Crippen LogP contribution in [0.3, 0.4) is 0 Å². The van der Waals surface area contributed by atoms with E-state index < -0.39 is 0 Å². The van der Waals surface area contributed by atoms with E-state index in [1.807, 2.05) is 36.5 Å². The molecule has 1 saturated heterocycles. The summed E-state index contributed by atoms with van der Waals surface area (Å²) >= 11 is 0. The Hall–Kier alpha value is -2.77. The number of fused-ring (bicyclic) bond motifs is 1. The van der Waals surface area contributed by atoms with Gasteiger partial charge in [0.05, 0.1) is 19.3 Å². The van der Waals surface area contributed by atoms with Crippen molar-refractivity contribution in [1.82, 2.24) is 25.2 Å². The Morgan fingerprint density at radius 3 is 2.85 bits per heavy atom. The highest BCUT2D eigenvalue weighted by Gasteiger charge is 2.29. The Bertz CT molecular complexity index is 903. The third kappa shape index (κ3) is 3.70. The molecule has 3 heterocycles.